The highest BCUT2D eigenvalue weighted by Crippen LogP contribution is 2.41. The number of benzene rings is 3. The lowest BCUT2D eigenvalue weighted by Gasteiger charge is -2.19. The summed E-state index contributed by atoms with van der Waals surface area (Å²) in [4.78, 5) is 13.8. The van der Waals surface area contributed by atoms with Gasteiger partial charge in [-0.05, 0) is 121 Å². The number of hydrogen-bond acceptors (Lipinski definition) is 5. The third kappa shape index (κ3) is 6.56. The van der Waals surface area contributed by atoms with Crippen LogP contribution in [0.25, 0.3) is 11.1 Å². The molecule has 1 aliphatic carbocycles. The summed E-state index contributed by atoms with van der Waals surface area (Å²) in [6, 6.07) is 21.2. The van der Waals surface area contributed by atoms with Crippen LogP contribution in [0.1, 0.15) is 60.4 Å². The molecule has 3 aromatic carbocycles. The minimum Gasteiger partial charge on any atom is -0.489 e. The maximum Gasteiger partial charge on any atom is 0.148 e. The largest absolute Gasteiger partial charge is 0.489 e. The molecule has 1 atom stereocenters. The zero-order valence-electron chi connectivity index (χ0n) is 23.6. The Hall–Kier alpha value is -3.64. The van der Waals surface area contributed by atoms with E-state index in [1.807, 2.05) is 6.07 Å². The molecule has 40 heavy (non-hydrogen) atoms. The fourth-order valence-electron chi connectivity index (χ4n) is 5.97. The summed E-state index contributed by atoms with van der Waals surface area (Å²) >= 11 is 0. The number of alkyl halides is 1. The number of ether oxygens (including phenoxy) is 1. The monoisotopic (exact) mass is 541 g/mol. The highest BCUT2D eigenvalue weighted by Gasteiger charge is 2.24. The van der Waals surface area contributed by atoms with Gasteiger partial charge >= 0.3 is 0 Å². The van der Waals surface area contributed by atoms with E-state index in [4.69, 9.17) is 10.5 Å². The van der Waals surface area contributed by atoms with E-state index in [1.165, 1.54) is 27.8 Å². The van der Waals surface area contributed by atoms with Crippen LogP contribution in [-0.4, -0.2) is 49.6 Å². The molecule has 0 aromatic heterocycles. The van der Waals surface area contributed by atoms with Crippen LogP contribution in [0.4, 0.5) is 15.8 Å². The molecule has 0 radical (unpaired) electrons. The fraction of sp³-hybridized carbons (Fsp3) is 0.382. The maximum atomic E-state index is 12.6. The molecule has 0 bridgehead atoms. The van der Waals surface area contributed by atoms with Crippen molar-refractivity contribution in [3.63, 3.8) is 0 Å². The van der Waals surface area contributed by atoms with E-state index in [9.17, 15) is 9.18 Å². The number of hydrogen-bond donors (Lipinski definition) is 2. The van der Waals surface area contributed by atoms with Gasteiger partial charge in [-0.2, -0.15) is 0 Å². The molecule has 210 valence electrons. The Bertz CT molecular complexity index is 1380. The molecular weight excluding hydrogens is 501 g/mol. The number of carbonyl (C=O) groups excluding carboxylic acids is 1. The van der Waals surface area contributed by atoms with Crippen molar-refractivity contribution in [1.82, 2.24) is 4.90 Å². The Labute approximate surface area is 237 Å². The van der Waals surface area contributed by atoms with Crippen molar-refractivity contribution in [1.29, 1.82) is 0 Å². The quantitative estimate of drug-likeness (QED) is 0.280. The van der Waals surface area contributed by atoms with Gasteiger partial charge < -0.3 is 15.8 Å². The third-order valence-electron chi connectivity index (χ3n) is 7.96. The number of carbonyl (C=O) groups is 1. The molecule has 1 heterocycles. The van der Waals surface area contributed by atoms with Gasteiger partial charge in [-0.15, -0.1) is 0 Å². The maximum absolute atomic E-state index is 12.6. The van der Waals surface area contributed by atoms with Crippen LogP contribution in [-0.2, 0) is 11.2 Å². The number of aryl methyl sites for hydroxylation is 2. The average Bonchev–Trinajstić information content (AvgIpc) is 3.30. The Balaban J connectivity index is 1.47. The molecule has 1 fully saturated rings. The molecule has 2 aliphatic rings. The highest BCUT2D eigenvalue weighted by molar-refractivity contribution is 6.00. The zero-order chi connectivity index (χ0) is 28.1. The lowest BCUT2D eigenvalue weighted by atomic mass is 9.87. The van der Waals surface area contributed by atoms with E-state index in [0.717, 1.165) is 73.6 Å². The van der Waals surface area contributed by atoms with Crippen LogP contribution in [0.15, 0.2) is 60.7 Å². The summed E-state index contributed by atoms with van der Waals surface area (Å²) in [7, 11) is 0. The van der Waals surface area contributed by atoms with Crippen molar-refractivity contribution < 1.29 is 13.9 Å². The first kappa shape index (κ1) is 27.9. The summed E-state index contributed by atoms with van der Waals surface area (Å²) in [6.45, 7) is 6.35. The predicted octanol–water partition coefficient (Wildman–Crippen LogP) is 6.69. The summed E-state index contributed by atoms with van der Waals surface area (Å²) < 4.78 is 18.9. The van der Waals surface area contributed by atoms with E-state index >= 15 is 0 Å². The van der Waals surface area contributed by atoms with Crippen LogP contribution < -0.4 is 15.8 Å². The van der Waals surface area contributed by atoms with Gasteiger partial charge in [0.15, 0.2) is 0 Å². The average molecular weight is 542 g/mol. The van der Waals surface area contributed by atoms with Crippen molar-refractivity contribution in [2.45, 2.75) is 52.1 Å². The van der Waals surface area contributed by atoms with Gasteiger partial charge in [0.25, 0.3) is 0 Å². The first-order chi connectivity index (χ1) is 19.4. The normalized spacial score (nSPS) is 17.4. The molecular formula is C34H40FN3O2. The number of ketones is 1. The van der Waals surface area contributed by atoms with Crippen molar-refractivity contribution in [2.75, 3.05) is 43.9 Å². The summed E-state index contributed by atoms with van der Waals surface area (Å²) in [5.74, 6) is 0.980. The Morgan fingerprint density at radius 2 is 1.88 bits per heavy atom. The number of rotatable bonds is 10. The lowest BCUT2D eigenvalue weighted by molar-refractivity contribution is -0.115. The topological polar surface area (TPSA) is 67.6 Å². The number of allylic oxidation sites excluding steroid dienone is 1. The Morgan fingerprint density at radius 1 is 1.07 bits per heavy atom. The molecule has 1 saturated heterocycles. The molecule has 3 aromatic rings. The smallest absolute Gasteiger partial charge is 0.148 e. The molecule has 6 heteroatoms. The van der Waals surface area contributed by atoms with E-state index < -0.39 is 0 Å². The number of Topliss-reactive ketones (excluding diaryl/α,β-unsaturated/α-hetero) is 1. The van der Waals surface area contributed by atoms with Crippen molar-refractivity contribution in [3.05, 3.63) is 88.5 Å². The second kappa shape index (κ2) is 12.7. The van der Waals surface area contributed by atoms with E-state index in [-0.39, 0.29) is 18.6 Å². The number of fused-ring (bicyclic) bond motifs is 1. The lowest BCUT2D eigenvalue weighted by Crippen LogP contribution is -2.26. The predicted molar refractivity (Wildman–Crippen MR) is 163 cm³/mol. The summed E-state index contributed by atoms with van der Waals surface area (Å²) in [5.41, 5.74) is 16.5. The number of nitrogens with zero attached hydrogens (tertiary/aromatic N) is 1. The summed E-state index contributed by atoms with van der Waals surface area (Å²) in [5, 5.41) is 3.25. The van der Waals surface area contributed by atoms with Crippen molar-refractivity contribution >= 4 is 28.3 Å². The molecule has 5 nitrogen and oxygen atoms in total. The molecule has 1 aliphatic heterocycles. The third-order valence-corrected chi connectivity index (χ3v) is 7.96. The van der Waals surface area contributed by atoms with E-state index in [1.54, 1.807) is 6.92 Å². The SMILES string of the molecule is CC(=O)CNc1ccc(C2=C(c3ccc(OC4CCN(CCCF)C4)cc3)c3ccc(N)cc3CCC2)cc1C. The van der Waals surface area contributed by atoms with Gasteiger partial charge in [0.05, 0.1) is 13.2 Å². The second-order valence-electron chi connectivity index (χ2n) is 11.1. The van der Waals surface area contributed by atoms with Crippen LogP contribution >= 0.6 is 0 Å². The first-order valence-electron chi connectivity index (χ1n) is 14.4. The van der Waals surface area contributed by atoms with Gasteiger partial charge in [0, 0.05) is 31.0 Å². The minimum atomic E-state index is -0.266. The Kier molecular flexibility index (Phi) is 8.85. The van der Waals surface area contributed by atoms with Gasteiger partial charge in [0.1, 0.15) is 17.6 Å². The van der Waals surface area contributed by atoms with Gasteiger partial charge in [0.2, 0.25) is 0 Å². The summed E-state index contributed by atoms with van der Waals surface area (Å²) in [6.07, 6.45) is 4.67. The second-order valence-corrected chi connectivity index (χ2v) is 11.1. The number of likely N-dealkylation sites (tertiary alicyclic amines) is 1. The molecule has 3 N–H and O–H groups in total. The van der Waals surface area contributed by atoms with E-state index in [2.05, 4.69) is 71.7 Å². The van der Waals surface area contributed by atoms with Crippen molar-refractivity contribution in [3.8, 4) is 5.75 Å². The molecule has 0 saturated carbocycles. The minimum absolute atomic E-state index is 0.114. The molecule has 0 spiro atoms. The Morgan fingerprint density at radius 3 is 2.62 bits per heavy atom. The van der Waals surface area contributed by atoms with E-state index in [0.29, 0.717) is 13.0 Å². The highest BCUT2D eigenvalue weighted by atomic mass is 19.1. The van der Waals surface area contributed by atoms with Crippen LogP contribution in [0.2, 0.25) is 0 Å². The van der Waals surface area contributed by atoms with Gasteiger partial charge in [-0.25, -0.2) is 0 Å². The standard InChI is InChI=1S/C34H40FN3O2/c1-23-19-27(9-14-33(23)37-21-24(2)39)31-6-3-5-26-20-28(36)10-13-32(26)34(31)25-7-11-29(12-8-25)40-30-15-18-38(22-30)17-4-16-35/h7-14,19-20,30,37H,3-6,15-18,21-22,36H2,1-2H3. The molecule has 0 amide bonds. The van der Waals surface area contributed by atoms with Crippen LogP contribution in [0.3, 0.4) is 0 Å². The van der Waals surface area contributed by atoms with Crippen molar-refractivity contribution in [2.24, 2.45) is 0 Å². The zero-order valence-corrected chi connectivity index (χ0v) is 23.6. The number of nitrogen functional groups attached to an aromatic ring is 1. The van der Waals surface area contributed by atoms with Gasteiger partial charge in [-0.3, -0.25) is 14.1 Å². The number of nitrogens with two attached hydrogens (primary N) is 1. The number of halogens is 1. The molecule has 1 unspecified atom stereocenters. The fourth-order valence-corrected chi connectivity index (χ4v) is 5.97. The molecule has 5 rings (SSSR count). The van der Waals surface area contributed by atoms with Gasteiger partial charge in [-0.1, -0.05) is 24.3 Å². The first-order valence-corrected chi connectivity index (χ1v) is 14.4. The van der Waals surface area contributed by atoms with Crippen LogP contribution in [0.5, 0.6) is 5.75 Å². The number of anilines is 2. The number of nitrogens with one attached hydrogen (secondary N) is 1. The van der Waals surface area contributed by atoms with Crippen LogP contribution in [0, 0.1) is 6.92 Å².